The zero-order chi connectivity index (χ0) is 15.4. The van der Waals surface area contributed by atoms with Crippen molar-refractivity contribution in [3.63, 3.8) is 0 Å². The monoisotopic (exact) mass is 276 g/mol. The number of unbranched alkanes of at least 4 members (excludes halogenated alkanes) is 1. The summed E-state index contributed by atoms with van der Waals surface area (Å²) in [5.41, 5.74) is 2.74. The summed E-state index contributed by atoms with van der Waals surface area (Å²) in [7, 11) is 0. The van der Waals surface area contributed by atoms with Crippen molar-refractivity contribution in [2.24, 2.45) is 11.8 Å². The molecule has 1 fully saturated rings. The summed E-state index contributed by atoms with van der Waals surface area (Å²) in [5.74, 6) is 2.01. The minimum absolute atomic E-state index is 1.00. The van der Waals surface area contributed by atoms with Gasteiger partial charge in [-0.1, -0.05) is 90.5 Å². The molecule has 0 heterocycles. The lowest BCUT2D eigenvalue weighted by atomic mass is 9.82. The highest BCUT2D eigenvalue weighted by molar-refractivity contribution is 5.23. The molecule has 2 unspecified atom stereocenters. The Morgan fingerprint density at radius 3 is 1.35 bits per heavy atom. The predicted octanol–water partition coefficient (Wildman–Crippen LogP) is 6.94. The standard InChI is InChI=1S/C8H16.C8H10.C4H10/c2*1-7-5-3-4-6-8(7)2;1-3-4-2/h7-8H,3-6H2,1-2H3;3-6H,1-2H3;3-4H2,1-2H3. The van der Waals surface area contributed by atoms with E-state index in [1.165, 1.54) is 49.7 Å². The average Bonchev–Trinajstić information content (AvgIpc) is 2.46. The molecule has 0 radical (unpaired) electrons. The first-order chi connectivity index (χ1) is 9.52. The minimum atomic E-state index is 1.00. The van der Waals surface area contributed by atoms with Crippen molar-refractivity contribution in [1.82, 2.24) is 0 Å². The van der Waals surface area contributed by atoms with E-state index >= 15 is 0 Å². The highest BCUT2D eigenvalue weighted by Crippen LogP contribution is 2.28. The van der Waals surface area contributed by atoms with Crippen molar-refractivity contribution in [3.05, 3.63) is 35.4 Å². The molecule has 0 N–H and O–H groups in total. The van der Waals surface area contributed by atoms with Crippen molar-refractivity contribution in [2.75, 3.05) is 0 Å². The summed E-state index contributed by atoms with van der Waals surface area (Å²) in [5, 5.41) is 0. The van der Waals surface area contributed by atoms with Gasteiger partial charge in [-0.3, -0.25) is 0 Å². The van der Waals surface area contributed by atoms with Crippen LogP contribution in [0.15, 0.2) is 24.3 Å². The maximum Gasteiger partial charge on any atom is -0.0395 e. The van der Waals surface area contributed by atoms with Gasteiger partial charge in [0.1, 0.15) is 0 Å². The zero-order valence-electron chi connectivity index (χ0n) is 14.7. The van der Waals surface area contributed by atoms with E-state index in [1.54, 1.807) is 0 Å². The highest BCUT2D eigenvalue weighted by Gasteiger charge is 2.15. The Labute approximate surface area is 128 Å². The molecule has 0 nitrogen and oxygen atoms in total. The largest absolute Gasteiger partial charge is 0.0654 e. The molecule has 1 aromatic rings. The Kier molecular flexibility index (Phi) is 11.5. The summed E-state index contributed by atoms with van der Waals surface area (Å²) < 4.78 is 0. The van der Waals surface area contributed by atoms with Gasteiger partial charge in [0.15, 0.2) is 0 Å². The lowest BCUT2D eigenvalue weighted by molar-refractivity contribution is 0.277. The van der Waals surface area contributed by atoms with Gasteiger partial charge in [-0.15, -0.1) is 0 Å². The van der Waals surface area contributed by atoms with Gasteiger partial charge in [-0.2, -0.15) is 0 Å². The number of rotatable bonds is 1. The second kappa shape index (κ2) is 12.0. The molecule has 0 saturated heterocycles. The van der Waals surface area contributed by atoms with E-state index in [4.69, 9.17) is 0 Å². The van der Waals surface area contributed by atoms with E-state index in [0.717, 1.165) is 11.8 Å². The zero-order valence-corrected chi connectivity index (χ0v) is 14.7. The highest BCUT2D eigenvalue weighted by atomic mass is 14.2. The molecule has 1 saturated carbocycles. The van der Waals surface area contributed by atoms with Gasteiger partial charge in [0.25, 0.3) is 0 Å². The summed E-state index contributed by atoms with van der Waals surface area (Å²) in [6.45, 7) is 13.4. The van der Waals surface area contributed by atoms with E-state index in [2.05, 4.69) is 65.8 Å². The first kappa shape index (κ1) is 19.2. The van der Waals surface area contributed by atoms with Crippen LogP contribution in [-0.4, -0.2) is 0 Å². The number of benzene rings is 1. The third kappa shape index (κ3) is 9.18. The van der Waals surface area contributed by atoms with E-state index in [-0.39, 0.29) is 0 Å². The van der Waals surface area contributed by atoms with Crippen LogP contribution in [0.3, 0.4) is 0 Å². The molecular weight excluding hydrogens is 240 g/mol. The van der Waals surface area contributed by atoms with Gasteiger partial charge in [0.2, 0.25) is 0 Å². The van der Waals surface area contributed by atoms with Crippen molar-refractivity contribution >= 4 is 0 Å². The van der Waals surface area contributed by atoms with Crippen LogP contribution in [0.25, 0.3) is 0 Å². The van der Waals surface area contributed by atoms with E-state index in [1.807, 2.05) is 0 Å². The van der Waals surface area contributed by atoms with Crippen LogP contribution in [-0.2, 0) is 0 Å². The van der Waals surface area contributed by atoms with E-state index in [0.29, 0.717) is 0 Å². The van der Waals surface area contributed by atoms with Crippen LogP contribution in [0.5, 0.6) is 0 Å². The number of aryl methyl sites for hydroxylation is 2. The second-order valence-electron chi connectivity index (χ2n) is 6.32. The maximum absolute atomic E-state index is 2.38. The Balaban J connectivity index is 0.000000289. The van der Waals surface area contributed by atoms with Crippen molar-refractivity contribution in [1.29, 1.82) is 0 Å². The van der Waals surface area contributed by atoms with Crippen LogP contribution in [0, 0.1) is 25.7 Å². The molecule has 2 rings (SSSR count). The fourth-order valence-corrected chi connectivity index (χ4v) is 2.16. The molecule has 1 aliphatic rings. The van der Waals surface area contributed by atoms with Crippen LogP contribution in [0.2, 0.25) is 0 Å². The predicted molar refractivity (Wildman–Crippen MR) is 93.3 cm³/mol. The van der Waals surface area contributed by atoms with Crippen LogP contribution in [0.4, 0.5) is 0 Å². The fraction of sp³-hybridized carbons (Fsp3) is 0.700. The smallest absolute Gasteiger partial charge is 0.0395 e. The SMILES string of the molecule is CC1CCCCC1C.CCCC.Cc1ccccc1C. The quantitative estimate of drug-likeness (QED) is 0.521. The van der Waals surface area contributed by atoms with Crippen LogP contribution in [0.1, 0.15) is 77.3 Å². The normalized spacial score (nSPS) is 21.1. The Morgan fingerprint density at radius 2 is 1.15 bits per heavy atom. The van der Waals surface area contributed by atoms with Crippen molar-refractivity contribution < 1.29 is 0 Å². The molecule has 20 heavy (non-hydrogen) atoms. The van der Waals surface area contributed by atoms with Crippen molar-refractivity contribution in [3.8, 4) is 0 Å². The molecule has 0 aliphatic heterocycles. The minimum Gasteiger partial charge on any atom is -0.0654 e. The third-order valence-electron chi connectivity index (χ3n) is 4.47. The Hall–Kier alpha value is -0.780. The molecule has 0 bridgehead atoms. The first-order valence-corrected chi connectivity index (χ1v) is 8.55. The topological polar surface area (TPSA) is 0 Å². The first-order valence-electron chi connectivity index (χ1n) is 8.55. The van der Waals surface area contributed by atoms with Gasteiger partial charge in [0.05, 0.1) is 0 Å². The molecule has 0 spiro atoms. The molecule has 1 aromatic carbocycles. The Bertz CT molecular complexity index is 294. The lowest BCUT2D eigenvalue weighted by Crippen LogP contribution is -2.12. The number of hydrogen-bond acceptors (Lipinski definition) is 0. The fourth-order valence-electron chi connectivity index (χ4n) is 2.16. The molecule has 0 aromatic heterocycles. The summed E-state index contributed by atoms with van der Waals surface area (Å²) in [6.07, 6.45) is 8.54. The van der Waals surface area contributed by atoms with Gasteiger partial charge in [0, 0.05) is 0 Å². The molecule has 2 atom stereocenters. The molecule has 0 amide bonds. The maximum atomic E-state index is 2.38. The van der Waals surface area contributed by atoms with E-state index in [9.17, 15) is 0 Å². The van der Waals surface area contributed by atoms with Crippen molar-refractivity contribution in [2.45, 2.75) is 80.1 Å². The summed E-state index contributed by atoms with van der Waals surface area (Å²) in [4.78, 5) is 0. The second-order valence-corrected chi connectivity index (χ2v) is 6.32. The van der Waals surface area contributed by atoms with Crippen LogP contribution < -0.4 is 0 Å². The molecule has 116 valence electrons. The average molecular weight is 277 g/mol. The molecular formula is C20H36. The Morgan fingerprint density at radius 1 is 0.800 bits per heavy atom. The summed E-state index contributed by atoms with van der Waals surface area (Å²) in [6, 6.07) is 8.36. The third-order valence-corrected chi connectivity index (χ3v) is 4.47. The summed E-state index contributed by atoms with van der Waals surface area (Å²) >= 11 is 0. The van der Waals surface area contributed by atoms with Crippen LogP contribution >= 0.6 is 0 Å². The van der Waals surface area contributed by atoms with Gasteiger partial charge in [-0.05, 0) is 36.8 Å². The molecule has 1 aliphatic carbocycles. The number of hydrogen-bond donors (Lipinski definition) is 0. The van der Waals surface area contributed by atoms with Gasteiger partial charge in [-0.25, -0.2) is 0 Å². The molecule has 0 heteroatoms. The van der Waals surface area contributed by atoms with E-state index < -0.39 is 0 Å². The van der Waals surface area contributed by atoms with Gasteiger partial charge < -0.3 is 0 Å². The van der Waals surface area contributed by atoms with Gasteiger partial charge >= 0.3 is 0 Å². The lowest BCUT2D eigenvalue weighted by Gasteiger charge is -2.24.